The third kappa shape index (κ3) is 3.58. The molecule has 0 aliphatic carbocycles. The van der Waals surface area contributed by atoms with Crippen LogP contribution in [0.2, 0.25) is 0 Å². The second-order valence-corrected chi connectivity index (χ2v) is 5.57. The summed E-state index contributed by atoms with van der Waals surface area (Å²) in [5.41, 5.74) is 6.45. The van der Waals surface area contributed by atoms with Crippen molar-refractivity contribution in [2.45, 2.75) is 26.7 Å². The minimum atomic E-state index is 0.605. The summed E-state index contributed by atoms with van der Waals surface area (Å²) in [6.07, 6.45) is 1.81. The topological polar surface area (TPSA) is 57.4 Å². The van der Waals surface area contributed by atoms with Crippen LogP contribution < -0.4 is 15.2 Å². The second kappa shape index (κ2) is 6.73. The highest BCUT2D eigenvalue weighted by Crippen LogP contribution is 2.35. The maximum Gasteiger partial charge on any atom is 0.163 e. The van der Waals surface area contributed by atoms with Crippen molar-refractivity contribution in [1.82, 2.24) is 4.98 Å². The zero-order valence-electron chi connectivity index (χ0n) is 11.4. The van der Waals surface area contributed by atoms with E-state index in [1.165, 1.54) is 0 Å². The van der Waals surface area contributed by atoms with Gasteiger partial charge in [0.1, 0.15) is 0 Å². The largest absolute Gasteiger partial charge is 0.490 e. The van der Waals surface area contributed by atoms with E-state index in [0.717, 1.165) is 39.6 Å². The SMILES string of the molecule is CCCOc1cc2sc(C)nc2cc1OCCCN. The van der Waals surface area contributed by atoms with Gasteiger partial charge in [0, 0.05) is 12.1 Å². The molecule has 0 saturated carbocycles. The third-order valence-electron chi connectivity index (χ3n) is 2.63. The molecular formula is C14H20N2O2S. The molecule has 0 spiro atoms. The fraction of sp³-hybridized carbons (Fsp3) is 0.500. The summed E-state index contributed by atoms with van der Waals surface area (Å²) >= 11 is 1.67. The molecule has 0 aliphatic heterocycles. The van der Waals surface area contributed by atoms with E-state index >= 15 is 0 Å². The molecule has 1 aromatic heterocycles. The highest BCUT2D eigenvalue weighted by molar-refractivity contribution is 7.18. The van der Waals surface area contributed by atoms with Crippen LogP contribution in [0.4, 0.5) is 0 Å². The van der Waals surface area contributed by atoms with Crippen molar-refractivity contribution in [3.05, 3.63) is 17.1 Å². The highest BCUT2D eigenvalue weighted by Gasteiger charge is 2.10. The van der Waals surface area contributed by atoms with Crippen molar-refractivity contribution in [2.24, 2.45) is 5.73 Å². The number of benzene rings is 1. The van der Waals surface area contributed by atoms with Gasteiger partial charge in [0.15, 0.2) is 11.5 Å². The van der Waals surface area contributed by atoms with E-state index in [2.05, 4.69) is 11.9 Å². The molecule has 19 heavy (non-hydrogen) atoms. The number of rotatable bonds is 7. The van der Waals surface area contributed by atoms with Gasteiger partial charge >= 0.3 is 0 Å². The molecule has 0 unspecified atom stereocenters. The quantitative estimate of drug-likeness (QED) is 0.792. The number of aryl methyl sites for hydroxylation is 1. The molecule has 0 saturated heterocycles. The van der Waals surface area contributed by atoms with E-state index in [9.17, 15) is 0 Å². The number of nitrogens with two attached hydrogens (primary N) is 1. The van der Waals surface area contributed by atoms with Crippen LogP contribution >= 0.6 is 11.3 Å². The van der Waals surface area contributed by atoms with E-state index in [1.54, 1.807) is 11.3 Å². The van der Waals surface area contributed by atoms with Crippen molar-refractivity contribution >= 4 is 21.6 Å². The van der Waals surface area contributed by atoms with Gasteiger partial charge < -0.3 is 15.2 Å². The first-order valence-corrected chi connectivity index (χ1v) is 7.43. The van der Waals surface area contributed by atoms with Gasteiger partial charge in [-0.25, -0.2) is 4.98 Å². The smallest absolute Gasteiger partial charge is 0.163 e. The summed E-state index contributed by atoms with van der Waals surface area (Å²) in [7, 11) is 0. The predicted octanol–water partition coefficient (Wildman–Crippen LogP) is 3.12. The van der Waals surface area contributed by atoms with Gasteiger partial charge in [-0.3, -0.25) is 0 Å². The van der Waals surface area contributed by atoms with Crippen LogP contribution in [0.5, 0.6) is 11.5 Å². The monoisotopic (exact) mass is 280 g/mol. The van der Waals surface area contributed by atoms with Crippen LogP contribution in [0.15, 0.2) is 12.1 Å². The average Bonchev–Trinajstić information content (AvgIpc) is 2.75. The van der Waals surface area contributed by atoms with E-state index in [0.29, 0.717) is 19.8 Å². The maximum atomic E-state index is 5.76. The molecule has 104 valence electrons. The molecule has 0 bridgehead atoms. The molecule has 0 radical (unpaired) electrons. The van der Waals surface area contributed by atoms with Gasteiger partial charge in [-0.15, -0.1) is 11.3 Å². The molecule has 0 atom stereocenters. The summed E-state index contributed by atoms with van der Waals surface area (Å²) in [6.45, 7) is 6.02. The van der Waals surface area contributed by atoms with Crippen LogP contribution in [0.3, 0.4) is 0 Å². The molecule has 4 nitrogen and oxygen atoms in total. The first-order chi connectivity index (χ1) is 9.24. The summed E-state index contributed by atoms with van der Waals surface area (Å²) < 4.78 is 12.6. The lowest BCUT2D eigenvalue weighted by molar-refractivity contribution is 0.267. The van der Waals surface area contributed by atoms with Crippen molar-refractivity contribution < 1.29 is 9.47 Å². The van der Waals surface area contributed by atoms with Crippen molar-refractivity contribution in [3.8, 4) is 11.5 Å². The van der Waals surface area contributed by atoms with Gasteiger partial charge in [0.2, 0.25) is 0 Å². The molecule has 1 aromatic carbocycles. The predicted molar refractivity (Wildman–Crippen MR) is 79.3 cm³/mol. The standard InChI is InChI=1S/C14H20N2O2S/c1-3-6-17-13-9-14-11(16-10(2)19-14)8-12(13)18-7-4-5-15/h8-9H,3-7,15H2,1-2H3. The Hall–Kier alpha value is -1.33. The first-order valence-electron chi connectivity index (χ1n) is 6.61. The summed E-state index contributed by atoms with van der Waals surface area (Å²) in [5.74, 6) is 1.56. The van der Waals surface area contributed by atoms with E-state index < -0.39 is 0 Å². The average molecular weight is 280 g/mol. The molecule has 2 rings (SSSR count). The minimum Gasteiger partial charge on any atom is -0.490 e. The number of hydrogen-bond acceptors (Lipinski definition) is 5. The fourth-order valence-corrected chi connectivity index (χ4v) is 2.59. The Bertz CT molecular complexity index is 539. The molecule has 0 aliphatic rings. The molecule has 2 N–H and O–H groups in total. The minimum absolute atomic E-state index is 0.605. The van der Waals surface area contributed by atoms with Crippen LogP contribution in [-0.4, -0.2) is 24.7 Å². The number of thiazole rings is 1. The van der Waals surface area contributed by atoms with E-state index in [4.69, 9.17) is 15.2 Å². The van der Waals surface area contributed by atoms with Gasteiger partial charge in [0.05, 0.1) is 28.4 Å². The number of ether oxygens (including phenoxy) is 2. The molecule has 5 heteroatoms. The molecule has 0 amide bonds. The van der Waals surface area contributed by atoms with E-state index in [1.807, 2.05) is 19.1 Å². The summed E-state index contributed by atoms with van der Waals surface area (Å²) in [5, 5.41) is 1.05. The van der Waals surface area contributed by atoms with Crippen molar-refractivity contribution in [3.63, 3.8) is 0 Å². The number of hydrogen-bond donors (Lipinski definition) is 1. The van der Waals surface area contributed by atoms with Crippen LogP contribution in [-0.2, 0) is 0 Å². The normalized spacial score (nSPS) is 10.9. The Balaban J connectivity index is 2.27. The van der Waals surface area contributed by atoms with Gasteiger partial charge in [-0.1, -0.05) is 6.92 Å². The van der Waals surface area contributed by atoms with Crippen molar-refractivity contribution in [2.75, 3.05) is 19.8 Å². The Kier molecular flexibility index (Phi) is 4.99. The third-order valence-corrected chi connectivity index (χ3v) is 3.56. The zero-order valence-corrected chi connectivity index (χ0v) is 12.3. The maximum absolute atomic E-state index is 5.76. The Labute approximate surface area is 117 Å². The number of nitrogens with zero attached hydrogens (tertiary/aromatic N) is 1. The number of aromatic nitrogens is 1. The van der Waals surface area contributed by atoms with Crippen molar-refractivity contribution in [1.29, 1.82) is 0 Å². The second-order valence-electron chi connectivity index (χ2n) is 4.34. The van der Waals surface area contributed by atoms with Gasteiger partial charge in [-0.05, 0) is 26.3 Å². The molecular weight excluding hydrogens is 260 g/mol. The van der Waals surface area contributed by atoms with Gasteiger partial charge in [-0.2, -0.15) is 0 Å². The Morgan fingerprint density at radius 2 is 1.95 bits per heavy atom. The lowest BCUT2D eigenvalue weighted by Crippen LogP contribution is -2.07. The zero-order chi connectivity index (χ0) is 13.7. The molecule has 0 fully saturated rings. The summed E-state index contributed by atoms with van der Waals surface area (Å²) in [4.78, 5) is 4.48. The van der Waals surface area contributed by atoms with E-state index in [-0.39, 0.29) is 0 Å². The lowest BCUT2D eigenvalue weighted by Gasteiger charge is -2.12. The molecule has 1 heterocycles. The van der Waals surface area contributed by atoms with Crippen LogP contribution in [0.25, 0.3) is 10.2 Å². The fourth-order valence-electron chi connectivity index (χ4n) is 1.75. The van der Waals surface area contributed by atoms with Crippen LogP contribution in [0.1, 0.15) is 24.8 Å². The summed E-state index contributed by atoms with van der Waals surface area (Å²) in [6, 6.07) is 3.98. The van der Waals surface area contributed by atoms with Crippen LogP contribution in [0, 0.1) is 6.92 Å². The van der Waals surface area contributed by atoms with Gasteiger partial charge in [0.25, 0.3) is 0 Å². The highest BCUT2D eigenvalue weighted by atomic mass is 32.1. The lowest BCUT2D eigenvalue weighted by atomic mass is 10.3. The molecule has 2 aromatic rings. The Morgan fingerprint density at radius 1 is 1.21 bits per heavy atom. The Morgan fingerprint density at radius 3 is 2.68 bits per heavy atom. The first kappa shape index (κ1) is 14.1. The number of fused-ring (bicyclic) bond motifs is 1.